The van der Waals surface area contributed by atoms with Gasteiger partial charge in [-0.1, -0.05) is 12.1 Å². The van der Waals surface area contributed by atoms with E-state index in [1.54, 1.807) is 0 Å². The predicted octanol–water partition coefficient (Wildman–Crippen LogP) is 3.36. The first kappa shape index (κ1) is 19.3. The van der Waals surface area contributed by atoms with Gasteiger partial charge >= 0.3 is 0 Å². The maximum absolute atomic E-state index is 5.77. The lowest BCUT2D eigenvalue weighted by molar-refractivity contribution is 0.169. The van der Waals surface area contributed by atoms with E-state index in [4.69, 9.17) is 9.47 Å². The van der Waals surface area contributed by atoms with Crippen LogP contribution in [0.2, 0.25) is 0 Å². The van der Waals surface area contributed by atoms with E-state index in [0.29, 0.717) is 19.3 Å². The summed E-state index contributed by atoms with van der Waals surface area (Å²) in [5.74, 6) is 1.74. The summed E-state index contributed by atoms with van der Waals surface area (Å²) in [4.78, 5) is 3.94. The van der Waals surface area contributed by atoms with Crippen molar-refractivity contribution in [2.45, 2.75) is 6.04 Å². The second-order valence-corrected chi connectivity index (χ2v) is 6.59. The molecular weight excluding hydrogens is 367 g/mol. The van der Waals surface area contributed by atoms with Crippen LogP contribution in [0.3, 0.4) is 0 Å². The topological polar surface area (TPSA) is 33.7 Å². The molecule has 1 saturated heterocycles. The van der Waals surface area contributed by atoms with Crippen molar-refractivity contribution in [2.24, 2.45) is 0 Å². The van der Waals surface area contributed by atoms with Crippen LogP contribution in [0.25, 0.3) is 0 Å². The molecule has 0 saturated carbocycles. The Balaban J connectivity index is 0.00000104. The van der Waals surface area contributed by atoms with Gasteiger partial charge in [-0.3, -0.25) is 4.90 Å². The summed E-state index contributed by atoms with van der Waals surface area (Å²) in [6.45, 7) is 5.50. The number of hydrogen-bond donors (Lipinski definition) is 1. The van der Waals surface area contributed by atoms with Crippen molar-refractivity contribution in [2.75, 3.05) is 39.4 Å². The first-order chi connectivity index (χ1) is 10.9. The first-order valence-corrected chi connectivity index (χ1v) is 8.67. The highest BCUT2D eigenvalue weighted by Crippen LogP contribution is 2.38. The van der Waals surface area contributed by atoms with Crippen LogP contribution in [-0.2, 0) is 0 Å². The number of thiophene rings is 1. The van der Waals surface area contributed by atoms with Gasteiger partial charge in [0.2, 0.25) is 0 Å². The van der Waals surface area contributed by atoms with Gasteiger partial charge < -0.3 is 14.8 Å². The second-order valence-electron chi connectivity index (χ2n) is 5.61. The molecule has 0 aliphatic carbocycles. The SMILES string of the molecule is Cl.Cl.c1csc([C@@H](c2ccc3c(c2)OCCO3)N2CCNCC2)c1. The van der Waals surface area contributed by atoms with Gasteiger partial charge in [-0.15, -0.1) is 36.2 Å². The molecule has 7 heteroatoms. The molecule has 4 rings (SSSR count). The zero-order valence-electron chi connectivity index (χ0n) is 13.3. The zero-order valence-corrected chi connectivity index (χ0v) is 15.7. The first-order valence-electron chi connectivity index (χ1n) is 7.79. The summed E-state index contributed by atoms with van der Waals surface area (Å²) in [6, 6.07) is 11.0. The Morgan fingerprint density at radius 3 is 2.46 bits per heavy atom. The van der Waals surface area contributed by atoms with Crippen LogP contribution < -0.4 is 14.8 Å². The van der Waals surface area contributed by atoms with Gasteiger partial charge in [0.25, 0.3) is 0 Å². The Morgan fingerprint density at radius 1 is 1.00 bits per heavy atom. The van der Waals surface area contributed by atoms with Crippen molar-refractivity contribution in [1.29, 1.82) is 0 Å². The summed E-state index contributed by atoms with van der Waals surface area (Å²) < 4.78 is 11.4. The van der Waals surface area contributed by atoms with E-state index in [0.717, 1.165) is 37.7 Å². The Morgan fingerprint density at radius 2 is 1.75 bits per heavy atom. The predicted molar refractivity (Wildman–Crippen MR) is 103 cm³/mol. The van der Waals surface area contributed by atoms with E-state index in [-0.39, 0.29) is 24.8 Å². The lowest BCUT2D eigenvalue weighted by Gasteiger charge is -2.35. The standard InChI is InChI=1S/C17H20N2O2S.2ClH/c1-2-16(22-11-1)17(19-7-5-18-6-8-19)13-3-4-14-15(12-13)21-10-9-20-14;;/h1-4,11-12,17-18H,5-10H2;2*1H/t17-;;/m1../s1. The van der Waals surface area contributed by atoms with Gasteiger partial charge in [-0.25, -0.2) is 0 Å². The van der Waals surface area contributed by atoms with Crippen LogP contribution in [0, 0.1) is 0 Å². The van der Waals surface area contributed by atoms with Crippen LogP contribution in [0.4, 0.5) is 0 Å². The number of piperazine rings is 1. The minimum atomic E-state index is 0. The molecule has 2 aliphatic rings. The van der Waals surface area contributed by atoms with Crippen LogP contribution >= 0.6 is 36.2 Å². The number of fused-ring (bicyclic) bond motifs is 1. The van der Waals surface area contributed by atoms with Crippen molar-refractivity contribution < 1.29 is 9.47 Å². The van der Waals surface area contributed by atoms with Gasteiger partial charge in [0.05, 0.1) is 6.04 Å². The third kappa shape index (κ3) is 3.98. The second kappa shape index (κ2) is 8.92. The molecule has 2 aliphatic heterocycles. The number of halogens is 2. The van der Waals surface area contributed by atoms with Crippen LogP contribution in [0.15, 0.2) is 35.7 Å². The Kier molecular flexibility index (Phi) is 7.19. The molecule has 1 atom stereocenters. The molecule has 24 heavy (non-hydrogen) atoms. The lowest BCUT2D eigenvalue weighted by atomic mass is 10.0. The third-order valence-electron chi connectivity index (χ3n) is 4.21. The fourth-order valence-corrected chi connectivity index (χ4v) is 4.06. The van der Waals surface area contributed by atoms with Crippen molar-refractivity contribution in [3.8, 4) is 11.5 Å². The van der Waals surface area contributed by atoms with Crippen molar-refractivity contribution in [1.82, 2.24) is 10.2 Å². The molecule has 0 radical (unpaired) electrons. The molecule has 0 amide bonds. The minimum Gasteiger partial charge on any atom is -0.486 e. The fourth-order valence-electron chi connectivity index (χ4n) is 3.17. The highest BCUT2D eigenvalue weighted by atomic mass is 35.5. The average molecular weight is 389 g/mol. The number of hydrogen-bond acceptors (Lipinski definition) is 5. The zero-order chi connectivity index (χ0) is 14.8. The van der Waals surface area contributed by atoms with Crippen molar-refractivity contribution in [3.05, 3.63) is 46.2 Å². The van der Waals surface area contributed by atoms with Gasteiger partial charge in [0.15, 0.2) is 11.5 Å². The van der Waals surface area contributed by atoms with E-state index in [2.05, 4.69) is 39.9 Å². The summed E-state index contributed by atoms with van der Waals surface area (Å²) in [5, 5.41) is 5.59. The normalized spacial score (nSPS) is 18.2. The number of nitrogens with one attached hydrogen (secondary N) is 1. The molecule has 0 unspecified atom stereocenters. The van der Waals surface area contributed by atoms with Crippen LogP contribution in [-0.4, -0.2) is 44.3 Å². The number of nitrogens with zero attached hydrogens (tertiary/aromatic N) is 1. The molecule has 1 aromatic carbocycles. The van der Waals surface area contributed by atoms with Crippen LogP contribution in [0.5, 0.6) is 11.5 Å². The number of rotatable bonds is 3. The molecule has 1 N–H and O–H groups in total. The molecule has 1 fully saturated rings. The lowest BCUT2D eigenvalue weighted by Crippen LogP contribution is -2.45. The van der Waals surface area contributed by atoms with Gasteiger partial charge in [0, 0.05) is 31.1 Å². The minimum absolute atomic E-state index is 0. The highest BCUT2D eigenvalue weighted by molar-refractivity contribution is 7.10. The quantitative estimate of drug-likeness (QED) is 0.873. The summed E-state index contributed by atoms with van der Waals surface area (Å²) in [7, 11) is 0. The summed E-state index contributed by atoms with van der Waals surface area (Å²) in [5.41, 5.74) is 1.29. The molecule has 132 valence electrons. The van der Waals surface area contributed by atoms with Crippen LogP contribution in [0.1, 0.15) is 16.5 Å². The summed E-state index contributed by atoms with van der Waals surface area (Å²) in [6.07, 6.45) is 0. The molecular formula is C17H22Cl2N2O2S. The third-order valence-corrected chi connectivity index (χ3v) is 5.14. The smallest absolute Gasteiger partial charge is 0.161 e. The van der Waals surface area contributed by atoms with Gasteiger partial charge in [-0.2, -0.15) is 0 Å². The van der Waals surface area contributed by atoms with E-state index in [9.17, 15) is 0 Å². The molecule has 3 heterocycles. The van der Waals surface area contributed by atoms with E-state index >= 15 is 0 Å². The largest absolute Gasteiger partial charge is 0.486 e. The maximum atomic E-state index is 5.77. The van der Waals surface area contributed by atoms with Gasteiger partial charge in [-0.05, 0) is 29.1 Å². The molecule has 4 nitrogen and oxygen atoms in total. The fraction of sp³-hybridized carbons (Fsp3) is 0.412. The maximum Gasteiger partial charge on any atom is 0.161 e. The Hall–Kier alpha value is -0.980. The van der Waals surface area contributed by atoms with E-state index in [1.165, 1.54) is 10.4 Å². The van der Waals surface area contributed by atoms with E-state index < -0.39 is 0 Å². The number of benzene rings is 1. The monoisotopic (exact) mass is 388 g/mol. The Bertz CT molecular complexity index is 634. The Labute approximate surface area is 159 Å². The average Bonchev–Trinajstić information content (AvgIpc) is 3.10. The summed E-state index contributed by atoms with van der Waals surface area (Å²) >= 11 is 1.82. The molecule has 2 aromatic rings. The molecule has 1 aromatic heterocycles. The van der Waals surface area contributed by atoms with Crippen molar-refractivity contribution >= 4 is 36.2 Å². The van der Waals surface area contributed by atoms with E-state index in [1.807, 2.05) is 17.4 Å². The molecule has 0 spiro atoms. The van der Waals surface area contributed by atoms with Crippen molar-refractivity contribution in [3.63, 3.8) is 0 Å². The van der Waals surface area contributed by atoms with Gasteiger partial charge in [0.1, 0.15) is 13.2 Å². The highest BCUT2D eigenvalue weighted by Gasteiger charge is 2.26. The number of ether oxygens (including phenoxy) is 2. The molecule has 0 bridgehead atoms.